The van der Waals surface area contributed by atoms with E-state index in [0.717, 1.165) is 17.6 Å². The molecule has 0 saturated heterocycles. The van der Waals surface area contributed by atoms with Crippen LogP contribution in [0.1, 0.15) is 18.2 Å². The third-order valence-electron chi connectivity index (χ3n) is 5.70. The van der Waals surface area contributed by atoms with Gasteiger partial charge in [0.15, 0.2) is 0 Å². The fourth-order valence-electron chi connectivity index (χ4n) is 4.63. The molecule has 0 saturated carbocycles. The van der Waals surface area contributed by atoms with Crippen molar-refractivity contribution in [3.63, 3.8) is 0 Å². The Morgan fingerprint density at radius 3 is 2.54 bits per heavy atom. The Labute approximate surface area is 150 Å². The van der Waals surface area contributed by atoms with Crippen molar-refractivity contribution in [1.82, 2.24) is 4.40 Å². The highest BCUT2D eigenvalue weighted by atomic mass is 16.3. The molecule has 26 heavy (non-hydrogen) atoms. The maximum atomic E-state index is 6.12. The van der Waals surface area contributed by atoms with Crippen LogP contribution < -0.4 is 0 Å². The maximum Gasteiger partial charge on any atom is 0.136 e. The van der Waals surface area contributed by atoms with Crippen molar-refractivity contribution in [2.75, 3.05) is 0 Å². The maximum absolute atomic E-state index is 6.12. The highest BCUT2D eigenvalue weighted by Crippen LogP contribution is 2.41. The van der Waals surface area contributed by atoms with Gasteiger partial charge < -0.3 is 8.82 Å². The predicted octanol–water partition coefficient (Wildman–Crippen LogP) is 6.79. The fourth-order valence-corrected chi connectivity index (χ4v) is 4.63. The molecule has 0 radical (unpaired) electrons. The molecule has 0 atom stereocenters. The standard InChI is InChI=1S/C24H17NO/c1-3-14-16-9-7-10-17-18-13-23-19(15-8-5-6-11-22(15)26-23)12-21(18)25(24(16)17)20(14)4-2/h3,5-13H,1,4H2,2H3. The first kappa shape index (κ1) is 14.0. The van der Waals surface area contributed by atoms with Crippen molar-refractivity contribution in [2.45, 2.75) is 13.3 Å². The summed E-state index contributed by atoms with van der Waals surface area (Å²) in [5, 5.41) is 6.17. The number of benzene rings is 3. The van der Waals surface area contributed by atoms with Crippen molar-refractivity contribution >= 4 is 55.2 Å². The molecule has 6 aromatic rings. The average Bonchev–Trinajstić information content (AvgIpc) is 3.31. The van der Waals surface area contributed by atoms with Gasteiger partial charge in [0.2, 0.25) is 0 Å². The zero-order valence-electron chi connectivity index (χ0n) is 14.5. The van der Waals surface area contributed by atoms with Crippen LogP contribution in [0.5, 0.6) is 0 Å². The van der Waals surface area contributed by atoms with Gasteiger partial charge in [-0.2, -0.15) is 0 Å². The summed E-state index contributed by atoms with van der Waals surface area (Å²) >= 11 is 0. The first-order valence-electron chi connectivity index (χ1n) is 9.06. The summed E-state index contributed by atoms with van der Waals surface area (Å²) in [5.41, 5.74) is 7.03. The topological polar surface area (TPSA) is 17.6 Å². The van der Waals surface area contributed by atoms with Crippen LogP contribution in [0.25, 0.3) is 55.2 Å². The number of rotatable bonds is 2. The Morgan fingerprint density at radius 2 is 1.69 bits per heavy atom. The van der Waals surface area contributed by atoms with Crippen molar-refractivity contribution in [3.8, 4) is 0 Å². The van der Waals surface area contributed by atoms with Crippen LogP contribution in [0.15, 0.2) is 65.6 Å². The van der Waals surface area contributed by atoms with Crippen LogP contribution in [0.4, 0.5) is 0 Å². The van der Waals surface area contributed by atoms with Gasteiger partial charge in [-0.3, -0.25) is 0 Å². The summed E-state index contributed by atoms with van der Waals surface area (Å²) in [7, 11) is 0. The van der Waals surface area contributed by atoms with Crippen molar-refractivity contribution in [2.24, 2.45) is 0 Å². The van der Waals surface area contributed by atoms with Gasteiger partial charge in [0.1, 0.15) is 11.2 Å². The third-order valence-corrected chi connectivity index (χ3v) is 5.70. The van der Waals surface area contributed by atoms with E-state index in [1.807, 2.05) is 18.2 Å². The molecule has 0 fully saturated rings. The summed E-state index contributed by atoms with van der Waals surface area (Å²) in [6, 6.07) is 19.3. The van der Waals surface area contributed by atoms with Crippen LogP contribution in [-0.4, -0.2) is 4.40 Å². The van der Waals surface area contributed by atoms with Crippen LogP contribution in [0.3, 0.4) is 0 Å². The molecule has 0 spiro atoms. The van der Waals surface area contributed by atoms with E-state index >= 15 is 0 Å². The van der Waals surface area contributed by atoms with Gasteiger partial charge in [0, 0.05) is 38.2 Å². The summed E-state index contributed by atoms with van der Waals surface area (Å²) < 4.78 is 8.55. The quantitative estimate of drug-likeness (QED) is 0.340. The Morgan fingerprint density at radius 1 is 0.885 bits per heavy atom. The predicted molar refractivity (Wildman–Crippen MR) is 110 cm³/mol. The second-order valence-electron chi connectivity index (χ2n) is 6.92. The summed E-state index contributed by atoms with van der Waals surface area (Å²) in [6.45, 7) is 6.28. The van der Waals surface area contributed by atoms with E-state index in [1.165, 1.54) is 49.2 Å². The van der Waals surface area contributed by atoms with Crippen molar-refractivity contribution in [3.05, 3.63) is 72.4 Å². The number of para-hydroxylation sites is 2. The lowest BCUT2D eigenvalue weighted by molar-refractivity contribution is 0.669. The molecule has 3 heterocycles. The molecule has 3 aromatic carbocycles. The number of hydrogen-bond acceptors (Lipinski definition) is 1. The molecule has 0 aliphatic carbocycles. The summed E-state index contributed by atoms with van der Waals surface area (Å²) in [6.07, 6.45) is 2.97. The molecule has 0 aliphatic heterocycles. The molecule has 0 N–H and O–H groups in total. The van der Waals surface area contributed by atoms with Gasteiger partial charge in [-0.05, 0) is 24.6 Å². The lowest BCUT2D eigenvalue weighted by Crippen LogP contribution is -1.90. The molecule has 0 bridgehead atoms. The second-order valence-corrected chi connectivity index (χ2v) is 6.92. The van der Waals surface area contributed by atoms with E-state index in [9.17, 15) is 0 Å². The zero-order valence-corrected chi connectivity index (χ0v) is 14.5. The molecule has 124 valence electrons. The molecule has 0 aliphatic rings. The third kappa shape index (κ3) is 1.49. The Bertz CT molecular complexity index is 1480. The van der Waals surface area contributed by atoms with Crippen LogP contribution >= 0.6 is 0 Å². The lowest BCUT2D eigenvalue weighted by atomic mass is 10.0. The monoisotopic (exact) mass is 335 g/mol. The van der Waals surface area contributed by atoms with E-state index in [4.69, 9.17) is 4.42 Å². The average molecular weight is 335 g/mol. The van der Waals surface area contributed by atoms with E-state index in [-0.39, 0.29) is 0 Å². The molecule has 2 nitrogen and oxygen atoms in total. The normalized spacial score (nSPS) is 12.3. The highest BCUT2D eigenvalue weighted by Gasteiger charge is 2.20. The van der Waals surface area contributed by atoms with E-state index in [1.54, 1.807) is 0 Å². The van der Waals surface area contributed by atoms with Gasteiger partial charge >= 0.3 is 0 Å². The number of hydrogen-bond donors (Lipinski definition) is 0. The zero-order chi connectivity index (χ0) is 17.4. The lowest BCUT2D eigenvalue weighted by Gasteiger charge is -2.02. The number of aryl methyl sites for hydroxylation is 1. The van der Waals surface area contributed by atoms with Crippen LogP contribution in [-0.2, 0) is 6.42 Å². The minimum atomic E-state index is 0.944. The number of furan rings is 1. The van der Waals surface area contributed by atoms with E-state index < -0.39 is 0 Å². The van der Waals surface area contributed by atoms with E-state index in [0.29, 0.717) is 0 Å². The first-order valence-corrected chi connectivity index (χ1v) is 9.06. The SMILES string of the molecule is C=Cc1c(CC)n2c3cc4c(cc3c3cccc1c32)oc1ccccc14. The van der Waals surface area contributed by atoms with Gasteiger partial charge in [-0.25, -0.2) is 0 Å². The Balaban J connectivity index is 1.93. The van der Waals surface area contributed by atoms with Gasteiger partial charge in [-0.1, -0.05) is 56.0 Å². The molecule has 6 rings (SSSR count). The number of aromatic nitrogens is 1. The molecular formula is C24H17NO. The smallest absolute Gasteiger partial charge is 0.136 e. The largest absolute Gasteiger partial charge is 0.456 e. The van der Waals surface area contributed by atoms with Crippen LogP contribution in [0, 0.1) is 0 Å². The van der Waals surface area contributed by atoms with E-state index in [2.05, 4.69) is 60.4 Å². The number of nitrogens with zero attached hydrogens (tertiary/aromatic N) is 1. The molecule has 3 aromatic heterocycles. The van der Waals surface area contributed by atoms with Gasteiger partial charge in [0.25, 0.3) is 0 Å². The summed E-state index contributed by atoms with van der Waals surface area (Å²) in [5.74, 6) is 0. The van der Waals surface area contributed by atoms with Gasteiger partial charge in [0.05, 0.1) is 11.0 Å². The Kier molecular flexibility index (Phi) is 2.51. The molecular weight excluding hydrogens is 318 g/mol. The summed E-state index contributed by atoms with van der Waals surface area (Å²) in [4.78, 5) is 0. The number of fused-ring (bicyclic) bond motifs is 6. The molecule has 0 amide bonds. The fraction of sp³-hybridized carbons (Fsp3) is 0.0833. The van der Waals surface area contributed by atoms with Crippen LogP contribution in [0.2, 0.25) is 0 Å². The molecule has 2 heteroatoms. The second kappa shape index (κ2) is 4.67. The molecule has 0 unspecified atom stereocenters. The minimum absolute atomic E-state index is 0.944. The van der Waals surface area contributed by atoms with Gasteiger partial charge in [-0.15, -0.1) is 0 Å². The Hall–Kier alpha value is -3.26. The highest BCUT2D eigenvalue weighted by molar-refractivity contribution is 6.20. The van der Waals surface area contributed by atoms with Crippen molar-refractivity contribution in [1.29, 1.82) is 0 Å². The first-order chi connectivity index (χ1) is 12.8. The minimum Gasteiger partial charge on any atom is -0.456 e. The van der Waals surface area contributed by atoms with Crippen molar-refractivity contribution < 1.29 is 4.42 Å².